The van der Waals surface area contributed by atoms with Gasteiger partial charge in [-0.25, -0.2) is 0 Å². The zero-order valence-corrected chi connectivity index (χ0v) is 16.3. The minimum absolute atomic E-state index is 0.0270. The highest BCUT2D eigenvalue weighted by Crippen LogP contribution is 2.41. The van der Waals surface area contributed by atoms with Crippen molar-refractivity contribution in [3.8, 4) is 11.5 Å². The summed E-state index contributed by atoms with van der Waals surface area (Å²) < 4.78 is 10.8. The minimum atomic E-state index is -0.0270. The van der Waals surface area contributed by atoms with E-state index in [1.54, 1.807) is 14.2 Å². The first-order valence-electron chi connectivity index (χ1n) is 8.69. The van der Waals surface area contributed by atoms with Crippen molar-refractivity contribution in [2.24, 2.45) is 4.99 Å². The number of nitrogens with zero attached hydrogens (tertiary/aromatic N) is 2. The first-order valence-corrected chi connectivity index (χ1v) is 8.69. The van der Waals surface area contributed by atoms with E-state index in [0.717, 1.165) is 22.7 Å². The van der Waals surface area contributed by atoms with Crippen LogP contribution in [0.1, 0.15) is 31.9 Å². The Hall–Kier alpha value is -2.75. The molecule has 0 unspecified atom stereocenters. The van der Waals surface area contributed by atoms with Crippen molar-refractivity contribution in [1.82, 2.24) is 0 Å². The number of hydrogen-bond donors (Lipinski definition) is 0. The van der Waals surface area contributed by atoms with E-state index in [1.807, 2.05) is 30.5 Å². The molecule has 26 heavy (non-hydrogen) atoms. The van der Waals surface area contributed by atoms with Crippen LogP contribution < -0.4 is 14.4 Å². The maximum atomic E-state index is 5.63. The van der Waals surface area contributed by atoms with Crippen molar-refractivity contribution >= 4 is 23.2 Å². The lowest BCUT2D eigenvalue weighted by molar-refractivity contribution is 0.413. The average Bonchev–Trinajstić information content (AvgIpc) is 2.64. The van der Waals surface area contributed by atoms with Gasteiger partial charge in [-0.15, -0.1) is 0 Å². The topological polar surface area (TPSA) is 34.1 Å². The summed E-state index contributed by atoms with van der Waals surface area (Å²) in [6.07, 6.45) is 4.15. The van der Waals surface area contributed by atoms with Gasteiger partial charge in [0, 0.05) is 36.1 Å². The van der Waals surface area contributed by atoms with Crippen molar-refractivity contribution in [3.05, 3.63) is 53.6 Å². The summed E-state index contributed by atoms with van der Waals surface area (Å²) in [7, 11) is 5.47. The Labute approximate surface area is 155 Å². The molecule has 0 atom stereocenters. The number of methoxy groups -OCH3 is 2. The van der Waals surface area contributed by atoms with Crippen molar-refractivity contribution in [2.75, 3.05) is 26.2 Å². The molecule has 4 nitrogen and oxygen atoms in total. The number of allylic oxidation sites excluding steroid dienone is 1. The molecular weight excluding hydrogens is 324 g/mol. The number of ether oxygens (including phenoxy) is 2. The van der Waals surface area contributed by atoms with Crippen LogP contribution in [0.15, 0.2) is 47.5 Å². The molecule has 0 radical (unpaired) electrons. The zero-order valence-electron chi connectivity index (χ0n) is 16.3. The first kappa shape index (κ1) is 18.1. The summed E-state index contributed by atoms with van der Waals surface area (Å²) in [6, 6.07) is 11.9. The molecule has 0 saturated carbocycles. The van der Waals surface area contributed by atoms with Gasteiger partial charge in [0.25, 0.3) is 0 Å². The van der Waals surface area contributed by atoms with E-state index in [9.17, 15) is 0 Å². The Bertz CT molecular complexity index is 864. The van der Waals surface area contributed by atoms with Gasteiger partial charge in [-0.3, -0.25) is 4.99 Å². The summed E-state index contributed by atoms with van der Waals surface area (Å²) in [5.41, 5.74) is 5.46. The van der Waals surface area contributed by atoms with Crippen LogP contribution in [0.25, 0.3) is 5.57 Å². The van der Waals surface area contributed by atoms with Crippen LogP contribution in [0.2, 0.25) is 0 Å². The molecule has 0 aromatic heterocycles. The number of aliphatic imine (C=N–C) groups is 1. The van der Waals surface area contributed by atoms with Crippen molar-refractivity contribution in [1.29, 1.82) is 0 Å². The van der Waals surface area contributed by atoms with Crippen LogP contribution in [0.3, 0.4) is 0 Å². The lowest BCUT2D eigenvalue weighted by Crippen LogP contribution is -2.42. The van der Waals surface area contributed by atoms with Gasteiger partial charge in [-0.1, -0.05) is 6.08 Å². The second-order valence-electron chi connectivity index (χ2n) is 7.11. The fraction of sp³-hybridized carbons (Fsp3) is 0.318. The summed E-state index contributed by atoms with van der Waals surface area (Å²) >= 11 is 0. The molecule has 1 aliphatic heterocycles. The molecule has 0 saturated heterocycles. The highest BCUT2D eigenvalue weighted by molar-refractivity contribution is 5.91. The van der Waals surface area contributed by atoms with Crippen LogP contribution in [-0.4, -0.2) is 33.0 Å². The van der Waals surface area contributed by atoms with Gasteiger partial charge in [0.15, 0.2) is 0 Å². The smallest absolute Gasteiger partial charge is 0.129 e. The Morgan fingerprint density at radius 3 is 2.35 bits per heavy atom. The maximum absolute atomic E-state index is 5.63. The SMILES string of the molecule is COc1ccc(N=Cc2cc3c(cc2OC)N(C)C(C)(C)C=C3C)cc1. The fourth-order valence-electron chi connectivity index (χ4n) is 3.28. The molecule has 4 heteroatoms. The second kappa shape index (κ2) is 6.87. The van der Waals surface area contributed by atoms with Gasteiger partial charge in [-0.2, -0.15) is 0 Å². The molecule has 0 N–H and O–H groups in total. The van der Waals surface area contributed by atoms with E-state index in [0.29, 0.717) is 0 Å². The van der Waals surface area contributed by atoms with Gasteiger partial charge >= 0.3 is 0 Å². The highest BCUT2D eigenvalue weighted by Gasteiger charge is 2.29. The number of rotatable bonds is 4. The summed E-state index contributed by atoms with van der Waals surface area (Å²) in [5, 5.41) is 0. The summed E-state index contributed by atoms with van der Waals surface area (Å²) in [6.45, 7) is 6.58. The Morgan fingerprint density at radius 2 is 1.73 bits per heavy atom. The van der Waals surface area contributed by atoms with E-state index < -0.39 is 0 Å². The van der Waals surface area contributed by atoms with E-state index in [2.05, 4.69) is 55.9 Å². The summed E-state index contributed by atoms with van der Waals surface area (Å²) in [4.78, 5) is 6.87. The standard InChI is InChI=1S/C22H26N2O2/c1-15-13-22(2,3)24(4)20-12-21(26-6)16(11-19(15)20)14-23-17-7-9-18(25-5)10-8-17/h7-14H,1-6H3. The van der Waals surface area contributed by atoms with Crippen LogP contribution in [0.5, 0.6) is 11.5 Å². The number of hydrogen-bond acceptors (Lipinski definition) is 4. The molecule has 2 aromatic rings. The number of fused-ring (bicyclic) bond motifs is 1. The number of likely N-dealkylation sites (N-methyl/N-ethyl adjacent to an activating group) is 1. The average molecular weight is 350 g/mol. The molecule has 3 rings (SSSR count). The predicted octanol–water partition coefficient (Wildman–Crippen LogP) is 5.09. The van der Waals surface area contributed by atoms with E-state index in [1.165, 1.54) is 16.8 Å². The Kier molecular flexibility index (Phi) is 4.77. The predicted molar refractivity (Wildman–Crippen MR) is 109 cm³/mol. The van der Waals surface area contributed by atoms with Crippen molar-refractivity contribution in [3.63, 3.8) is 0 Å². The zero-order chi connectivity index (χ0) is 18.9. The third kappa shape index (κ3) is 3.32. The van der Waals surface area contributed by atoms with Gasteiger partial charge in [0.1, 0.15) is 11.5 Å². The van der Waals surface area contributed by atoms with Gasteiger partial charge < -0.3 is 14.4 Å². The molecule has 1 heterocycles. The van der Waals surface area contributed by atoms with Crippen LogP contribution in [0, 0.1) is 0 Å². The summed E-state index contributed by atoms with van der Waals surface area (Å²) in [5.74, 6) is 1.64. The second-order valence-corrected chi connectivity index (χ2v) is 7.11. The minimum Gasteiger partial charge on any atom is -0.497 e. The van der Waals surface area contributed by atoms with Gasteiger partial charge in [-0.05, 0) is 56.7 Å². The number of anilines is 1. The molecule has 2 aromatic carbocycles. The monoisotopic (exact) mass is 350 g/mol. The lowest BCUT2D eigenvalue weighted by atomic mass is 9.88. The molecule has 136 valence electrons. The first-order chi connectivity index (χ1) is 12.4. The molecule has 0 aliphatic carbocycles. The fourth-order valence-corrected chi connectivity index (χ4v) is 3.28. The quantitative estimate of drug-likeness (QED) is 0.721. The molecule has 0 amide bonds. The lowest BCUT2D eigenvalue weighted by Gasteiger charge is -2.40. The Balaban J connectivity index is 2.00. The molecule has 0 bridgehead atoms. The third-order valence-electron chi connectivity index (χ3n) is 4.99. The van der Waals surface area contributed by atoms with Crippen LogP contribution >= 0.6 is 0 Å². The van der Waals surface area contributed by atoms with Crippen LogP contribution in [-0.2, 0) is 0 Å². The van der Waals surface area contributed by atoms with Crippen molar-refractivity contribution in [2.45, 2.75) is 26.3 Å². The van der Waals surface area contributed by atoms with E-state index in [-0.39, 0.29) is 5.54 Å². The number of benzene rings is 2. The molecule has 0 spiro atoms. The van der Waals surface area contributed by atoms with Gasteiger partial charge in [0.2, 0.25) is 0 Å². The van der Waals surface area contributed by atoms with E-state index >= 15 is 0 Å². The normalized spacial score (nSPS) is 15.6. The maximum Gasteiger partial charge on any atom is 0.129 e. The van der Waals surface area contributed by atoms with E-state index in [4.69, 9.17) is 9.47 Å². The largest absolute Gasteiger partial charge is 0.497 e. The highest BCUT2D eigenvalue weighted by atomic mass is 16.5. The Morgan fingerprint density at radius 1 is 1.04 bits per heavy atom. The van der Waals surface area contributed by atoms with Gasteiger partial charge in [0.05, 0.1) is 25.4 Å². The van der Waals surface area contributed by atoms with Crippen LogP contribution in [0.4, 0.5) is 11.4 Å². The molecule has 1 aliphatic rings. The molecular formula is C22H26N2O2. The van der Waals surface area contributed by atoms with Crippen molar-refractivity contribution < 1.29 is 9.47 Å². The third-order valence-corrected chi connectivity index (χ3v) is 4.99. The molecule has 0 fully saturated rings.